The average molecular weight is 393 g/mol. The number of nitrogens with zero attached hydrogens (tertiary/aromatic N) is 1. The molecule has 1 heterocycles. The molecule has 4 aromatic rings. The van der Waals surface area contributed by atoms with Gasteiger partial charge in [-0.15, -0.1) is 0 Å². The molecule has 4 rings (SSSR count). The van der Waals surface area contributed by atoms with Gasteiger partial charge in [0.15, 0.2) is 5.82 Å². The Bertz CT molecular complexity index is 1240. The normalized spacial score (nSPS) is 10.9. The third kappa shape index (κ3) is 3.60. The SMILES string of the molecule is Cc1ccc(NC(=O)Nc2ccc(-c3cccc4[nH]nc(N)c34)cc2F)cc1F. The summed E-state index contributed by atoms with van der Waals surface area (Å²) in [5.74, 6) is -0.735. The molecule has 0 aliphatic carbocycles. The van der Waals surface area contributed by atoms with Crippen LogP contribution in [0.1, 0.15) is 5.56 Å². The van der Waals surface area contributed by atoms with Crippen molar-refractivity contribution in [2.75, 3.05) is 16.4 Å². The topological polar surface area (TPSA) is 95.8 Å². The van der Waals surface area contributed by atoms with Gasteiger partial charge in [-0.1, -0.05) is 24.3 Å². The molecule has 29 heavy (non-hydrogen) atoms. The minimum atomic E-state index is -0.680. The zero-order chi connectivity index (χ0) is 20.5. The van der Waals surface area contributed by atoms with Gasteiger partial charge >= 0.3 is 6.03 Å². The number of urea groups is 1. The van der Waals surface area contributed by atoms with Gasteiger partial charge < -0.3 is 16.4 Å². The molecule has 146 valence electrons. The van der Waals surface area contributed by atoms with Crippen molar-refractivity contribution in [1.29, 1.82) is 0 Å². The average Bonchev–Trinajstić information content (AvgIpc) is 3.08. The van der Waals surface area contributed by atoms with Crippen molar-refractivity contribution in [3.05, 3.63) is 71.8 Å². The van der Waals surface area contributed by atoms with Gasteiger partial charge in [-0.2, -0.15) is 5.10 Å². The number of carbonyl (C=O) groups excluding carboxylic acids is 1. The molecule has 1 aromatic heterocycles. The highest BCUT2D eigenvalue weighted by Crippen LogP contribution is 2.32. The summed E-state index contributed by atoms with van der Waals surface area (Å²) in [6.45, 7) is 1.62. The molecular formula is C21H17F2N5O. The van der Waals surface area contributed by atoms with Crippen LogP contribution in [0.3, 0.4) is 0 Å². The van der Waals surface area contributed by atoms with E-state index in [2.05, 4.69) is 20.8 Å². The maximum Gasteiger partial charge on any atom is 0.323 e. The van der Waals surface area contributed by atoms with E-state index in [1.165, 1.54) is 18.2 Å². The van der Waals surface area contributed by atoms with E-state index in [1.807, 2.05) is 18.2 Å². The van der Waals surface area contributed by atoms with Crippen LogP contribution in [0.4, 0.5) is 30.8 Å². The standard InChI is InChI=1S/C21H17F2N5O/c1-11-5-7-13(10-15(11)22)25-21(29)26-17-8-6-12(9-16(17)23)14-3-2-4-18-19(14)20(24)28-27-18/h2-10H,1H3,(H3,24,27,28)(H2,25,26,29). The fourth-order valence-electron chi connectivity index (χ4n) is 3.08. The fourth-order valence-corrected chi connectivity index (χ4v) is 3.08. The third-order valence-corrected chi connectivity index (χ3v) is 4.58. The second-order valence-corrected chi connectivity index (χ2v) is 6.57. The third-order valence-electron chi connectivity index (χ3n) is 4.58. The number of nitrogens with two attached hydrogens (primary N) is 1. The van der Waals surface area contributed by atoms with Crippen LogP contribution in [-0.2, 0) is 0 Å². The summed E-state index contributed by atoms with van der Waals surface area (Å²) >= 11 is 0. The molecule has 5 N–H and O–H groups in total. The van der Waals surface area contributed by atoms with Crippen LogP contribution < -0.4 is 16.4 Å². The Morgan fingerprint density at radius 1 is 1.03 bits per heavy atom. The Kier molecular flexibility index (Phi) is 4.59. The molecule has 0 saturated heterocycles. The van der Waals surface area contributed by atoms with E-state index in [0.717, 1.165) is 11.1 Å². The van der Waals surface area contributed by atoms with Crippen molar-refractivity contribution in [2.24, 2.45) is 0 Å². The summed E-state index contributed by atoms with van der Waals surface area (Å²) in [6.07, 6.45) is 0. The summed E-state index contributed by atoms with van der Waals surface area (Å²) < 4.78 is 28.2. The molecule has 0 aliphatic heterocycles. The molecule has 3 aromatic carbocycles. The summed E-state index contributed by atoms with van der Waals surface area (Å²) in [6, 6.07) is 13.5. The van der Waals surface area contributed by atoms with Gasteiger partial charge in [-0.3, -0.25) is 5.10 Å². The van der Waals surface area contributed by atoms with E-state index in [-0.39, 0.29) is 11.4 Å². The number of hydrogen-bond donors (Lipinski definition) is 4. The largest absolute Gasteiger partial charge is 0.382 e. The van der Waals surface area contributed by atoms with Crippen LogP contribution in [0, 0.1) is 18.6 Å². The molecular weight excluding hydrogens is 376 g/mol. The van der Waals surface area contributed by atoms with E-state index in [1.54, 1.807) is 25.1 Å². The number of anilines is 3. The molecule has 0 saturated carbocycles. The smallest absolute Gasteiger partial charge is 0.323 e. The van der Waals surface area contributed by atoms with Crippen molar-refractivity contribution >= 4 is 34.1 Å². The number of rotatable bonds is 3. The lowest BCUT2D eigenvalue weighted by atomic mass is 10.0. The van der Waals surface area contributed by atoms with E-state index >= 15 is 0 Å². The first-order valence-corrected chi connectivity index (χ1v) is 8.79. The van der Waals surface area contributed by atoms with Gasteiger partial charge in [0.2, 0.25) is 0 Å². The number of amides is 2. The number of aromatic amines is 1. The number of fused-ring (bicyclic) bond motifs is 1. The number of benzene rings is 3. The van der Waals surface area contributed by atoms with Gasteiger partial charge in [0, 0.05) is 5.69 Å². The Hall–Kier alpha value is -3.94. The molecule has 8 heteroatoms. The van der Waals surface area contributed by atoms with Crippen LogP contribution in [0.5, 0.6) is 0 Å². The van der Waals surface area contributed by atoms with E-state index in [0.29, 0.717) is 22.3 Å². The van der Waals surface area contributed by atoms with Crippen LogP contribution in [-0.4, -0.2) is 16.2 Å². The second kappa shape index (κ2) is 7.23. The Labute approximate surface area is 164 Å². The highest BCUT2D eigenvalue weighted by molar-refractivity contribution is 6.02. The first kappa shape index (κ1) is 18.4. The molecule has 0 aliphatic rings. The summed E-state index contributed by atoms with van der Waals surface area (Å²) in [4.78, 5) is 12.1. The monoisotopic (exact) mass is 393 g/mol. The lowest BCUT2D eigenvalue weighted by molar-refractivity contribution is 0.262. The molecule has 2 amide bonds. The quantitative estimate of drug-likeness (QED) is 0.392. The molecule has 0 atom stereocenters. The second-order valence-electron chi connectivity index (χ2n) is 6.57. The number of aryl methyl sites for hydroxylation is 1. The first-order valence-electron chi connectivity index (χ1n) is 8.79. The van der Waals surface area contributed by atoms with Crippen LogP contribution in [0.25, 0.3) is 22.0 Å². The van der Waals surface area contributed by atoms with Crippen molar-refractivity contribution in [3.8, 4) is 11.1 Å². The molecule has 0 unspecified atom stereocenters. The maximum atomic E-state index is 14.6. The number of H-pyrrole nitrogens is 1. The highest BCUT2D eigenvalue weighted by Gasteiger charge is 2.13. The van der Waals surface area contributed by atoms with Crippen LogP contribution in [0.2, 0.25) is 0 Å². The van der Waals surface area contributed by atoms with E-state index < -0.39 is 17.7 Å². The molecule has 0 bridgehead atoms. The first-order chi connectivity index (χ1) is 13.9. The number of carbonyl (C=O) groups is 1. The summed E-state index contributed by atoms with van der Waals surface area (Å²) in [5, 5.41) is 12.4. The molecule has 0 radical (unpaired) electrons. The lowest BCUT2D eigenvalue weighted by Gasteiger charge is -2.11. The van der Waals surface area contributed by atoms with Crippen LogP contribution in [0.15, 0.2) is 54.6 Å². The Morgan fingerprint density at radius 2 is 1.86 bits per heavy atom. The van der Waals surface area contributed by atoms with Crippen molar-refractivity contribution in [1.82, 2.24) is 10.2 Å². The predicted octanol–water partition coefficient (Wildman–Crippen LogP) is 5.04. The fraction of sp³-hybridized carbons (Fsp3) is 0.0476. The van der Waals surface area contributed by atoms with Gasteiger partial charge in [0.05, 0.1) is 16.6 Å². The molecule has 0 fully saturated rings. The predicted molar refractivity (Wildman–Crippen MR) is 110 cm³/mol. The number of nitrogen functional groups attached to an aromatic ring is 1. The highest BCUT2D eigenvalue weighted by atomic mass is 19.1. The number of aromatic nitrogens is 2. The zero-order valence-corrected chi connectivity index (χ0v) is 15.4. The maximum absolute atomic E-state index is 14.6. The van der Waals surface area contributed by atoms with Gasteiger partial charge in [-0.25, -0.2) is 13.6 Å². The lowest BCUT2D eigenvalue weighted by Crippen LogP contribution is -2.20. The van der Waals surface area contributed by atoms with E-state index in [9.17, 15) is 13.6 Å². The Balaban J connectivity index is 1.56. The Morgan fingerprint density at radius 3 is 2.62 bits per heavy atom. The number of halogens is 2. The van der Waals surface area contributed by atoms with Crippen molar-refractivity contribution in [2.45, 2.75) is 6.92 Å². The zero-order valence-electron chi connectivity index (χ0n) is 15.4. The van der Waals surface area contributed by atoms with Gasteiger partial charge in [-0.05, 0) is 53.9 Å². The number of nitrogens with one attached hydrogen (secondary N) is 3. The molecule has 0 spiro atoms. The van der Waals surface area contributed by atoms with E-state index in [4.69, 9.17) is 5.73 Å². The van der Waals surface area contributed by atoms with Crippen molar-refractivity contribution < 1.29 is 13.6 Å². The summed E-state index contributed by atoms with van der Waals surface area (Å²) in [5.41, 5.74) is 8.69. The van der Waals surface area contributed by atoms with Gasteiger partial charge in [0.1, 0.15) is 11.6 Å². The minimum absolute atomic E-state index is 0.00817. The molecule has 6 nitrogen and oxygen atoms in total. The van der Waals surface area contributed by atoms with Crippen LogP contribution >= 0.6 is 0 Å². The minimum Gasteiger partial charge on any atom is -0.382 e. The number of hydrogen-bond acceptors (Lipinski definition) is 3. The van der Waals surface area contributed by atoms with Crippen molar-refractivity contribution in [3.63, 3.8) is 0 Å². The van der Waals surface area contributed by atoms with Gasteiger partial charge in [0.25, 0.3) is 0 Å². The summed E-state index contributed by atoms with van der Waals surface area (Å²) in [7, 11) is 0.